The second-order valence-corrected chi connectivity index (χ2v) is 16.5. The van der Waals surface area contributed by atoms with E-state index in [0.29, 0.717) is 4.57 Å². The van der Waals surface area contributed by atoms with Crippen molar-refractivity contribution < 1.29 is 89.7 Å². The molecule has 0 radical (unpaired) electrons. The Labute approximate surface area is 276 Å². The minimum atomic E-state index is -6.21. The van der Waals surface area contributed by atoms with E-state index in [-0.39, 0.29) is 10.5 Å². The quantitative estimate of drug-likeness (QED) is 0.0695. The van der Waals surface area contributed by atoms with Crippen LogP contribution in [0.1, 0.15) is 12.5 Å². The number of nitrogens with zero attached hydrogens (tertiary/aromatic N) is 3. The normalized spacial score (nSPS) is 32.2. The molecule has 0 saturated carbocycles. The van der Waals surface area contributed by atoms with E-state index in [9.17, 15) is 67.8 Å². The molecule has 26 nitrogen and oxygen atoms in total. The van der Waals surface area contributed by atoms with Crippen molar-refractivity contribution in [2.24, 2.45) is 0 Å². The number of aliphatic hydroxyl groups is 4. The summed E-state index contributed by atoms with van der Waals surface area (Å²) >= 11 is 4.78. The van der Waals surface area contributed by atoms with Gasteiger partial charge in [0.1, 0.15) is 47.1 Å². The Morgan fingerprint density at radius 1 is 0.755 bits per heavy atom. The zero-order valence-electron chi connectivity index (χ0n) is 23.8. The van der Waals surface area contributed by atoms with Crippen LogP contribution in [0, 0.1) is 4.64 Å². The lowest BCUT2D eigenvalue weighted by molar-refractivity contribution is -0.0543. The zero-order chi connectivity index (χ0) is 36.7. The number of anilines is 1. The molecule has 0 amide bonds. The molecule has 4 heterocycles. The highest BCUT2D eigenvalue weighted by Crippen LogP contribution is 2.71. The first-order valence-corrected chi connectivity index (χ1v) is 19.3. The van der Waals surface area contributed by atoms with Crippen LogP contribution in [0.25, 0.3) is 0 Å². The fraction of sp³-hybridized carbons (Fsp3) is 0.556. The van der Waals surface area contributed by atoms with Crippen LogP contribution in [-0.2, 0) is 49.7 Å². The number of phosphoric acid groups is 4. The van der Waals surface area contributed by atoms with Crippen molar-refractivity contribution in [1.82, 2.24) is 19.1 Å². The number of phosphoric ester groups is 2. The highest BCUT2D eigenvalue weighted by Gasteiger charge is 2.50. The zero-order valence-corrected chi connectivity index (χ0v) is 28.2. The molecule has 2 aromatic heterocycles. The van der Waals surface area contributed by atoms with Crippen LogP contribution in [0.3, 0.4) is 0 Å². The first-order valence-electron chi connectivity index (χ1n) is 12.9. The summed E-state index contributed by atoms with van der Waals surface area (Å²) in [6.45, 7) is -2.34. The van der Waals surface area contributed by atoms with E-state index < -0.39 is 105 Å². The molecule has 276 valence electrons. The van der Waals surface area contributed by atoms with E-state index in [0.717, 1.165) is 23.0 Å². The van der Waals surface area contributed by atoms with Crippen LogP contribution in [-0.4, -0.2) is 109 Å². The van der Waals surface area contributed by atoms with E-state index in [1.807, 2.05) is 0 Å². The van der Waals surface area contributed by atoms with Gasteiger partial charge in [-0.15, -0.1) is 0 Å². The molecule has 2 aliphatic heterocycles. The predicted molar refractivity (Wildman–Crippen MR) is 155 cm³/mol. The van der Waals surface area contributed by atoms with Gasteiger partial charge < -0.3 is 55.2 Å². The van der Waals surface area contributed by atoms with Crippen LogP contribution in [0.5, 0.6) is 0 Å². The van der Waals surface area contributed by atoms with Crippen molar-refractivity contribution in [3.05, 3.63) is 50.1 Å². The van der Waals surface area contributed by atoms with Gasteiger partial charge in [0.05, 0.1) is 13.2 Å². The highest BCUT2D eigenvalue weighted by atomic mass is 32.1. The number of aromatic nitrogens is 4. The smallest absolute Gasteiger partial charge is 0.387 e. The monoisotopic (exact) mass is 805 g/mol. The van der Waals surface area contributed by atoms with Crippen molar-refractivity contribution in [2.45, 2.75) is 49.1 Å². The minimum absolute atomic E-state index is 0.0247. The lowest BCUT2D eigenvalue weighted by Crippen LogP contribution is -2.36. The molecular weight excluding hydrogens is 778 g/mol. The lowest BCUT2D eigenvalue weighted by Gasteiger charge is -2.21. The molecule has 12 atom stereocenters. The maximum atomic E-state index is 12.3. The van der Waals surface area contributed by atoms with Gasteiger partial charge in [-0.25, -0.2) is 27.8 Å². The molecule has 0 aromatic carbocycles. The number of hydrogen-bond acceptors (Lipinski definition) is 20. The summed E-state index contributed by atoms with van der Waals surface area (Å²) in [7, 11) is -24.0. The summed E-state index contributed by atoms with van der Waals surface area (Å²) in [4.78, 5) is 68.9. The summed E-state index contributed by atoms with van der Waals surface area (Å²) in [5.74, 6) is -0.182. The van der Waals surface area contributed by atoms with Gasteiger partial charge in [0.25, 0.3) is 0 Å². The van der Waals surface area contributed by atoms with Crippen LogP contribution in [0.15, 0.2) is 34.1 Å². The molecule has 31 heteroatoms. The van der Waals surface area contributed by atoms with Crippen LogP contribution < -0.4 is 17.1 Å². The van der Waals surface area contributed by atoms with Crippen molar-refractivity contribution in [3.8, 4) is 0 Å². The SMILES string of the molecule is Nc1ccn(C2O[C@H](COP(=O)(O)OP(=O)(O)OP(=O)(O)OP(=O)(O)OC[C@H]3O[C@H](n4ccc(=S)[nH]c4=O)[C@H](O)[C@@H]3O)[C@@H](O)[C@@H]2O)c(=O)n1. The number of nitrogens with two attached hydrogens (primary N) is 1. The molecule has 0 spiro atoms. The molecule has 2 saturated heterocycles. The molecule has 49 heavy (non-hydrogen) atoms. The Balaban J connectivity index is 1.30. The summed E-state index contributed by atoms with van der Waals surface area (Å²) in [6.07, 6.45) is -11.8. The molecule has 4 rings (SSSR count). The molecule has 5 unspecified atom stereocenters. The fourth-order valence-electron chi connectivity index (χ4n) is 4.24. The summed E-state index contributed by atoms with van der Waals surface area (Å²) in [5.41, 5.74) is 3.50. The Bertz CT molecular complexity index is 1910. The van der Waals surface area contributed by atoms with E-state index >= 15 is 0 Å². The lowest BCUT2D eigenvalue weighted by atomic mass is 10.1. The topological polar surface area (TPSA) is 393 Å². The van der Waals surface area contributed by atoms with E-state index in [4.69, 9.17) is 27.4 Å². The summed E-state index contributed by atoms with van der Waals surface area (Å²) in [6, 6.07) is 2.39. The largest absolute Gasteiger partial charge is 0.490 e. The number of aliphatic hydroxyl groups excluding tert-OH is 4. The number of nitrogen functional groups attached to an aromatic ring is 1. The molecule has 2 aromatic rings. The second-order valence-electron chi connectivity index (χ2n) is 9.86. The maximum absolute atomic E-state index is 12.3. The molecule has 2 aliphatic rings. The van der Waals surface area contributed by atoms with Crippen molar-refractivity contribution in [3.63, 3.8) is 0 Å². The standard InChI is InChI=1S/C18H27N5O21P4S/c19-9-1-3-22(17(28)20-9)15-13(26)11(24)7(40-15)5-38-45(30,31)42-47(34,35)44-48(36,37)43-46(32,33)39-6-8-12(25)14(27)16(41-8)23-4-2-10(49)21-18(23)29/h1-4,7-8,11-16,24-27H,5-6H2,(H,30,31)(H,32,33)(H,34,35)(H,36,37)(H2,19,20,28)(H,21,29,49)/t7-,8-,11-,12-,13+,14-,15?,16+/m1/s1. The molecule has 0 bridgehead atoms. The highest BCUT2D eigenvalue weighted by molar-refractivity contribution is 7.71. The van der Waals surface area contributed by atoms with Crippen molar-refractivity contribution >= 4 is 49.3 Å². The Hall–Kier alpha value is -1.90. The minimum Gasteiger partial charge on any atom is -0.387 e. The van der Waals surface area contributed by atoms with Gasteiger partial charge in [-0.2, -0.15) is 17.9 Å². The number of rotatable bonds is 14. The molecule has 2 fully saturated rings. The Morgan fingerprint density at radius 3 is 1.63 bits per heavy atom. The van der Waals surface area contributed by atoms with E-state index in [1.54, 1.807) is 0 Å². The second kappa shape index (κ2) is 15.0. The Morgan fingerprint density at radius 2 is 1.18 bits per heavy atom. The van der Waals surface area contributed by atoms with Crippen LogP contribution >= 0.6 is 43.5 Å². The van der Waals surface area contributed by atoms with Gasteiger partial charge >= 0.3 is 42.7 Å². The number of H-pyrrole nitrogens is 1. The Kier molecular flexibility index (Phi) is 12.2. The number of aromatic amines is 1. The first-order chi connectivity index (χ1) is 22.5. The van der Waals surface area contributed by atoms with Gasteiger partial charge in [0, 0.05) is 12.4 Å². The summed E-state index contributed by atoms with van der Waals surface area (Å²) in [5, 5.41) is 40.9. The van der Waals surface area contributed by atoms with Crippen molar-refractivity contribution in [1.29, 1.82) is 0 Å². The molecular formula is C18H27N5O21P4S. The fourth-order valence-corrected chi connectivity index (χ4v) is 9.34. The maximum Gasteiger partial charge on any atom is 0.490 e. The average Bonchev–Trinajstić information content (AvgIpc) is 3.38. The van der Waals surface area contributed by atoms with Gasteiger partial charge in [-0.05, 0) is 12.1 Å². The molecule has 0 aliphatic carbocycles. The average molecular weight is 805 g/mol. The number of hydrogen-bond donors (Lipinski definition) is 10. The first kappa shape index (κ1) is 39.9. The summed E-state index contributed by atoms with van der Waals surface area (Å²) < 4.78 is 81.1. The van der Waals surface area contributed by atoms with Crippen LogP contribution in [0.4, 0.5) is 5.82 Å². The predicted octanol–water partition coefficient (Wildman–Crippen LogP) is -2.53. The number of nitrogens with one attached hydrogen (secondary N) is 1. The van der Waals surface area contributed by atoms with E-state index in [2.05, 4.69) is 31.9 Å². The third kappa shape index (κ3) is 10.1. The van der Waals surface area contributed by atoms with Gasteiger partial charge in [-0.3, -0.25) is 23.2 Å². The van der Waals surface area contributed by atoms with Gasteiger partial charge in [0.2, 0.25) is 0 Å². The van der Waals surface area contributed by atoms with Gasteiger partial charge in [0.15, 0.2) is 12.5 Å². The third-order valence-electron chi connectivity index (χ3n) is 6.35. The van der Waals surface area contributed by atoms with Gasteiger partial charge in [-0.1, -0.05) is 12.2 Å². The van der Waals surface area contributed by atoms with E-state index in [1.165, 1.54) is 6.07 Å². The van der Waals surface area contributed by atoms with Crippen LogP contribution in [0.2, 0.25) is 0 Å². The third-order valence-corrected chi connectivity index (χ3v) is 12.5. The number of ether oxygens (including phenoxy) is 2. The van der Waals surface area contributed by atoms with Crippen molar-refractivity contribution in [2.75, 3.05) is 18.9 Å². The molecule has 11 N–H and O–H groups in total.